The first-order valence-electron chi connectivity index (χ1n) is 7.64. The Kier molecular flexibility index (Phi) is 4.20. The minimum atomic E-state index is -2.79. The average Bonchev–Trinajstić information content (AvgIpc) is 3.18. The molecular formula is C15H20F2N4OS. The molecule has 0 bridgehead atoms. The minimum absolute atomic E-state index is 0.298. The van der Waals surface area contributed by atoms with Crippen LogP contribution in [0.4, 0.5) is 14.6 Å². The number of nitrogens with zero attached hydrogens (tertiary/aromatic N) is 4. The summed E-state index contributed by atoms with van der Waals surface area (Å²) in [4.78, 5) is 24.7. The van der Waals surface area contributed by atoms with Gasteiger partial charge in [-0.25, -0.2) is 18.7 Å². The van der Waals surface area contributed by atoms with E-state index in [4.69, 9.17) is 0 Å². The number of carbonyl (C=O) groups is 1. The van der Waals surface area contributed by atoms with E-state index in [1.165, 1.54) is 11.8 Å². The highest BCUT2D eigenvalue weighted by Crippen LogP contribution is 2.49. The Morgan fingerprint density at radius 2 is 1.83 bits per heavy atom. The number of hydrogen-bond donors (Lipinski definition) is 0. The molecule has 1 atom stereocenters. The number of aryl methyl sites for hydroxylation is 1. The summed E-state index contributed by atoms with van der Waals surface area (Å²) in [6.45, 7) is 6.07. The molecule has 5 nitrogen and oxygen atoms in total. The zero-order chi connectivity index (χ0) is 16.8. The second-order valence-electron chi connectivity index (χ2n) is 6.07. The van der Waals surface area contributed by atoms with Crippen LogP contribution < -0.4 is 4.90 Å². The number of carbonyl (C=O) groups excluding carboxylic acids is 1. The van der Waals surface area contributed by atoms with Gasteiger partial charge in [-0.15, -0.1) is 0 Å². The molecule has 1 aliphatic carbocycles. The molecule has 1 saturated heterocycles. The SMILES string of the molecule is CSc1nc(C)c(C)c(N2CCN(C(=O)C3CC3(F)F)CC2)n1. The van der Waals surface area contributed by atoms with Crippen LogP contribution in [-0.4, -0.2) is 59.1 Å². The summed E-state index contributed by atoms with van der Waals surface area (Å²) in [5.41, 5.74) is 1.96. The molecule has 0 N–H and O–H groups in total. The second kappa shape index (κ2) is 5.89. The molecule has 1 aromatic heterocycles. The summed E-state index contributed by atoms with van der Waals surface area (Å²) < 4.78 is 26.1. The third-order valence-electron chi connectivity index (χ3n) is 4.54. The Hall–Kier alpha value is -1.44. The van der Waals surface area contributed by atoms with Gasteiger partial charge in [0.15, 0.2) is 5.16 Å². The maximum atomic E-state index is 13.0. The van der Waals surface area contributed by atoms with Gasteiger partial charge in [-0.2, -0.15) is 0 Å². The van der Waals surface area contributed by atoms with E-state index in [-0.39, 0.29) is 6.42 Å². The summed E-state index contributed by atoms with van der Waals surface area (Å²) in [5, 5.41) is 0.722. The minimum Gasteiger partial charge on any atom is -0.353 e. The first-order valence-corrected chi connectivity index (χ1v) is 8.86. The highest BCUT2D eigenvalue weighted by atomic mass is 32.2. The van der Waals surface area contributed by atoms with Crippen LogP contribution >= 0.6 is 11.8 Å². The van der Waals surface area contributed by atoms with Crippen LogP contribution in [0.25, 0.3) is 0 Å². The van der Waals surface area contributed by atoms with Gasteiger partial charge >= 0.3 is 0 Å². The molecule has 0 aromatic carbocycles. The summed E-state index contributed by atoms with van der Waals surface area (Å²) in [6, 6.07) is 0. The predicted octanol–water partition coefficient (Wildman–Crippen LogP) is 2.12. The van der Waals surface area contributed by atoms with Crippen molar-refractivity contribution in [3.8, 4) is 0 Å². The molecule has 126 valence electrons. The number of halogens is 2. The van der Waals surface area contributed by atoms with Gasteiger partial charge in [0, 0.05) is 43.9 Å². The summed E-state index contributed by atoms with van der Waals surface area (Å²) in [5.74, 6) is -3.41. The lowest BCUT2D eigenvalue weighted by Crippen LogP contribution is -2.50. The highest BCUT2D eigenvalue weighted by Gasteiger charge is 2.62. The van der Waals surface area contributed by atoms with Crippen LogP contribution in [-0.2, 0) is 4.79 Å². The molecule has 1 saturated carbocycles. The molecule has 2 fully saturated rings. The lowest BCUT2D eigenvalue weighted by atomic mass is 10.2. The topological polar surface area (TPSA) is 49.3 Å². The molecular weight excluding hydrogens is 322 g/mol. The molecule has 8 heteroatoms. The maximum Gasteiger partial charge on any atom is 0.260 e. The molecule has 2 heterocycles. The van der Waals surface area contributed by atoms with Crippen LogP contribution in [0.5, 0.6) is 0 Å². The van der Waals surface area contributed by atoms with Crippen LogP contribution in [0, 0.1) is 19.8 Å². The van der Waals surface area contributed by atoms with Crippen molar-refractivity contribution >= 4 is 23.5 Å². The number of piperazine rings is 1. The maximum absolute atomic E-state index is 13.0. The van der Waals surface area contributed by atoms with E-state index in [2.05, 4.69) is 14.9 Å². The molecule has 23 heavy (non-hydrogen) atoms. The van der Waals surface area contributed by atoms with Gasteiger partial charge in [-0.05, 0) is 20.1 Å². The smallest absolute Gasteiger partial charge is 0.260 e. The van der Waals surface area contributed by atoms with E-state index in [9.17, 15) is 13.6 Å². The Morgan fingerprint density at radius 3 is 2.35 bits per heavy atom. The van der Waals surface area contributed by atoms with Gasteiger partial charge in [0.2, 0.25) is 5.91 Å². The van der Waals surface area contributed by atoms with Crippen molar-refractivity contribution in [3.05, 3.63) is 11.3 Å². The molecule has 3 rings (SSSR count). The Balaban J connectivity index is 1.68. The molecule has 0 radical (unpaired) electrons. The van der Waals surface area contributed by atoms with Crippen molar-refractivity contribution in [2.45, 2.75) is 31.3 Å². The van der Waals surface area contributed by atoms with E-state index in [0.717, 1.165) is 22.2 Å². The predicted molar refractivity (Wildman–Crippen MR) is 85.1 cm³/mol. The Morgan fingerprint density at radius 1 is 1.22 bits per heavy atom. The lowest BCUT2D eigenvalue weighted by molar-refractivity contribution is -0.135. The van der Waals surface area contributed by atoms with Crippen molar-refractivity contribution < 1.29 is 13.6 Å². The standard InChI is InChI=1S/C15H20F2N4OS/c1-9-10(2)18-14(23-3)19-12(9)20-4-6-21(7-5-20)13(22)11-8-15(11,16)17/h11H,4-8H2,1-3H3. The van der Waals surface area contributed by atoms with Gasteiger partial charge in [-0.3, -0.25) is 4.79 Å². The number of alkyl halides is 2. The Labute approximate surface area is 138 Å². The van der Waals surface area contributed by atoms with Crippen molar-refractivity contribution in [1.29, 1.82) is 0 Å². The fraction of sp³-hybridized carbons (Fsp3) is 0.667. The van der Waals surface area contributed by atoms with E-state index in [1.807, 2.05) is 20.1 Å². The number of anilines is 1. The van der Waals surface area contributed by atoms with Crippen LogP contribution in [0.2, 0.25) is 0 Å². The van der Waals surface area contributed by atoms with Crippen molar-refractivity contribution in [2.75, 3.05) is 37.3 Å². The lowest BCUT2D eigenvalue weighted by Gasteiger charge is -2.36. The largest absolute Gasteiger partial charge is 0.353 e. The molecule has 1 unspecified atom stereocenters. The number of aromatic nitrogens is 2. The van der Waals surface area contributed by atoms with Crippen molar-refractivity contribution in [1.82, 2.24) is 14.9 Å². The van der Waals surface area contributed by atoms with E-state index in [1.54, 1.807) is 4.90 Å². The average molecular weight is 342 g/mol. The molecule has 1 aromatic rings. The Bertz CT molecular complexity index is 632. The van der Waals surface area contributed by atoms with Gasteiger partial charge in [0.1, 0.15) is 11.7 Å². The zero-order valence-corrected chi connectivity index (χ0v) is 14.3. The van der Waals surface area contributed by atoms with Gasteiger partial charge in [0.25, 0.3) is 5.92 Å². The van der Waals surface area contributed by atoms with Crippen LogP contribution in [0.3, 0.4) is 0 Å². The van der Waals surface area contributed by atoms with E-state index < -0.39 is 17.7 Å². The number of thioether (sulfide) groups is 1. The first kappa shape index (κ1) is 16.4. The third-order valence-corrected chi connectivity index (χ3v) is 5.09. The van der Waals surface area contributed by atoms with Gasteiger partial charge in [-0.1, -0.05) is 11.8 Å². The summed E-state index contributed by atoms with van der Waals surface area (Å²) in [6.07, 6.45) is 1.63. The molecule has 2 aliphatic rings. The van der Waals surface area contributed by atoms with Crippen LogP contribution in [0.15, 0.2) is 5.16 Å². The normalized spacial score (nSPS) is 23.1. The molecule has 1 amide bonds. The highest BCUT2D eigenvalue weighted by molar-refractivity contribution is 7.98. The quantitative estimate of drug-likeness (QED) is 0.622. The summed E-state index contributed by atoms with van der Waals surface area (Å²) >= 11 is 1.49. The number of rotatable bonds is 3. The third kappa shape index (κ3) is 3.13. The van der Waals surface area contributed by atoms with Crippen molar-refractivity contribution in [3.63, 3.8) is 0 Å². The van der Waals surface area contributed by atoms with Crippen LogP contribution in [0.1, 0.15) is 17.7 Å². The summed E-state index contributed by atoms with van der Waals surface area (Å²) in [7, 11) is 0. The van der Waals surface area contributed by atoms with E-state index >= 15 is 0 Å². The first-order chi connectivity index (χ1) is 10.8. The fourth-order valence-corrected chi connectivity index (χ4v) is 3.23. The van der Waals surface area contributed by atoms with Gasteiger partial charge < -0.3 is 9.80 Å². The molecule has 1 aliphatic heterocycles. The van der Waals surface area contributed by atoms with Crippen molar-refractivity contribution in [2.24, 2.45) is 5.92 Å². The number of hydrogen-bond acceptors (Lipinski definition) is 5. The van der Waals surface area contributed by atoms with E-state index in [0.29, 0.717) is 26.2 Å². The monoisotopic (exact) mass is 342 g/mol. The number of amides is 1. The van der Waals surface area contributed by atoms with Gasteiger partial charge in [0.05, 0.1) is 0 Å². The zero-order valence-electron chi connectivity index (χ0n) is 13.5. The second-order valence-corrected chi connectivity index (χ2v) is 6.85. The molecule has 0 spiro atoms. The fourth-order valence-electron chi connectivity index (χ4n) is 2.83.